The van der Waals surface area contributed by atoms with Gasteiger partial charge in [0.25, 0.3) is 5.56 Å². The summed E-state index contributed by atoms with van der Waals surface area (Å²) in [4.78, 5) is 25.0. The molecule has 3 saturated carbocycles. The summed E-state index contributed by atoms with van der Waals surface area (Å²) in [6.45, 7) is 8.91. The molecule has 3 aliphatic rings. The van der Waals surface area contributed by atoms with Crippen molar-refractivity contribution in [1.29, 1.82) is 0 Å². The molecule has 0 radical (unpaired) electrons. The summed E-state index contributed by atoms with van der Waals surface area (Å²) in [6.07, 6.45) is 5.47. The molecule has 4 atom stereocenters. The molecular formula is C22H29ClN6O2. The van der Waals surface area contributed by atoms with E-state index in [1.54, 1.807) is 18.5 Å². The van der Waals surface area contributed by atoms with Crippen LogP contribution in [0.5, 0.6) is 0 Å². The molecule has 31 heavy (non-hydrogen) atoms. The van der Waals surface area contributed by atoms with Crippen LogP contribution in [0.2, 0.25) is 5.02 Å². The maximum absolute atomic E-state index is 12.7. The second-order valence-electron chi connectivity index (χ2n) is 9.46. The van der Waals surface area contributed by atoms with Crippen LogP contribution in [0.3, 0.4) is 0 Å². The predicted octanol–water partition coefficient (Wildman–Crippen LogP) is 2.79. The van der Waals surface area contributed by atoms with Gasteiger partial charge in [-0.2, -0.15) is 15.3 Å². The molecular weight excluding hydrogens is 416 g/mol. The van der Waals surface area contributed by atoms with Crippen LogP contribution < -0.4 is 16.2 Å². The van der Waals surface area contributed by atoms with Gasteiger partial charge in [-0.25, -0.2) is 4.68 Å². The number of hydrogen-bond acceptors (Lipinski definition) is 6. The Bertz CT molecular complexity index is 1050. The second-order valence-corrected chi connectivity index (χ2v) is 9.84. The van der Waals surface area contributed by atoms with Crippen LogP contribution in [0, 0.1) is 30.1 Å². The number of anilines is 1. The lowest BCUT2D eigenvalue weighted by Gasteiger charge is -2.62. The Balaban J connectivity index is 1.39. The number of carbonyl (C=O) groups is 1. The lowest BCUT2D eigenvalue weighted by Crippen LogP contribution is -2.58. The van der Waals surface area contributed by atoms with E-state index in [-0.39, 0.29) is 23.5 Å². The lowest BCUT2D eigenvalue weighted by atomic mass is 9.45. The molecule has 0 unspecified atom stereocenters. The monoisotopic (exact) mass is 444 g/mol. The van der Waals surface area contributed by atoms with Crippen molar-refractivity contribution in [2.75, 3.05) is 5.32 Å². The molecule has 2 bridgehead atoms. The molecule has 5 rings (SSSR count). The minimum absolute atomic E-state index is 0.0719. The highest BCUT2D eigenvalue weighted by Crippen LogP contribution is 2.61. The molecule has 2 N–H and O–H groups in total. The minimum atomic E-state index is -0.475. The van der Waals surface area contributed by atoms with Gasteiger partial charge < -0.3 is 10.6 Å². The van der Waals surface area contributed by atoms with Crippen LogP contribution in [0.1, 0.15) is 44.9 Å². The summed E-state index contributed by atoms with van der Waals surface area (Å²) in [7, 11) is 0. The number of carbonyl (C=O) groups excluding carboxylic acids is 1. The van der Waals surface area contributed by atoms with Crippen LogP contribution in [-0.2, 0) is 17.9 Å². The van der Waals surface area contributed by atoms with Gasteiger partial charge in [-0.3, -0.25) is 9.59 Å². The van der Waals surface area contributed by atoms with Gasteiger partial charge in [-0.15, -0.1) is 0 Å². The predicted molar refractivity (Wildman–Crippen MR) is 119 cm³/mol. The van der Waals surface area contributed by atoms with E-state index in [9.17, 15) is 9.59 Å². The highest BCUT2D eigenvalue weighted by molar-refractivity contribution is 6.32. The van der Waals surface area contributed by atoms with E-state index in [0.29, 0.717) is 35.4 Å². The number of aromatic nitrogens is 4. The van der Waals surface area contributed by atoms with Crippen molar-refractivity contribution in [2.24, 2.45) is 23.2 Å². The number of nitrogens with zero attached hydrogens (tertiary/aromatic N) is 4. The number of halogens is 1. The van der Waals surface area contributed by atoms with Gasteiger partial charge in [0.15, 0.2) is 0 Å². The maximum atomic E-state index is 12.7. The molecule has 0 aliphatic heterocycles. The molecule has 2 aromatic heterocycles. The molecule has 2 aromatic rings. The fourth-order valence-corrected chi connectivity index (χ4v) is 5.42. The van der Waals surface area contributed by atoms with Gasteiger partial charge in [0.05, 0.1) is 17.6 Å². The van der Waals surface area contributed by atoms with E-state index in [4.69, 9.17) is 11.6 Å². The van der Waals surface area contributed by atoms with E-state index in [0.717, 1.165) is 22.4 Å². The normalized spacial score (nSPS) is 26.1. The molecule has 2 heterocycles. The fourth-order valence-electron chi connectivity index (χ4n) is 5.22. The van der Waals surface area contributed by atoms with Gasteiger partial charge in [-0.05, 0) is 54.6 Å². The SMILES string of the molecule is Cc1nnccc1CNC(=O)Cn1ncc(N[C@@H]2C[C@@H]3C[C@H]([C@H]2C)C3(C)C)c(Cl)c1=O. The van der Waals surface area contributed by atoms with E-state index < -0.39 is 5.56 Å². The topological polar surface area (TPSA) is 102 Å². The maximum Gasteiger partial charge on any atom is 0.288 e. The third kappa shape index (κ3) is 4.05. The van der Waals surface area contributed by atoms with Crippen molar-refractivity contribution in [3.8, 4) is 0 Å². The average molecular weight is 445 g/mol. The number of aryl methyl sites for hydroxylation is 1. The van der Waals surface area contributed by atoms with Crippen LogP contribution in [0.25, 0.3) is 0 Å². The van der Waals surface area contributed by atoms with Crippen molar-refractivity contribution in [3.05, 3.63) is 45.1 Å². The van der Waals surface area contributed by atoms with E-state index >= 15 is 0 Å². The van der Waals surface area contributed by atoms with Crippen molar-refractivity contribution in [2.45, 2.75) is 59.7 Å². The van der Waals surface area contributed by atoms with Crippen LogP contribution >= 0.6 is 11.6 Å². The summed E-state index contributed by atoms with van der Waals surface area (Å²) >= 11 is 6.36. The summed E-state index contributed by atoms with van der Waals surface area (Å²) in [5.41, 5.74) is 2.07. The minimum Gasteiger partial charge on any atom is -0.379 e. The standard InChI is InChI=1S/C22H29ClN6O2/c1-12-16-7-15(22(16,3)4)8-17(12)27-18-10-26-29(21(31)20(18)23)11-19(30)24-9-14-5-6-25-28-13(14)2/h5-6,10,12,15-17,27H,7-9,11H2,1-4H3,(H,24,30)/t12-,15+,16-,17-/m1/s1. The zero-order chi connectivity index (χ0) is 22.3. The quantitative estimate of drug-likeness (QED) is 0.710. The molecule has 3 aliphatic carbocycles. The third-order valence-corrected chi connectivity index (χ3v) is 7.83. The summed E-state index contributed by atoms with van der Waals surface area (Å²) in [6, 6.07) is 2.06. The van der Waals surface area contributed by atoms with E-state index in [1.807, 2.05) is 6.92 Å². The van der Waals surface area contributed by atoms with Gasteiger partial charge in [0, 0.05) is 18.8 Å². The first kappa shape index (κ1) is 21.7. The first-order valence-electron chi connectivity index (χ1n) is 10.7. The highest BCUT2D eigenvalue weighted by atomic mass is 35.5. The Morgan fingerprint density at radius 1 is 1.35 bits per heavy atom. The Kier molecular flexibility index (Phi) is 5.77. The number of rotatable bonds is 6. The zero-order valence-corrected chi connectivity index (χ0v) is 19.1. The smallest absolute Gasteiger partial charge is 0.288 e. The lowest BCUT2D eigenvalue weighted by molar-refractivity contribution is -0.122. The molecule has 0 saturated heterocycles. The fraction of sp³-hybridized carbons (Fsp3) is 0.591. The van der Waals surface area contributed by atoms with E-state index in [2.05, 4.69) is 46.7 Å². The number of amides is 1. The Morgan fingerprint density at radius 2 is 2.13 bits per heavy atom. The van der Waals surface area contributed by atoms with Gasteiger partial charge in [0.1, 0.15) is 11.6 Å². The average Bonchev–Trinajstić information content (AvgIpc) is 2.73. The van der Waals surface area contributed by atoms with Gasteiger partial charge in [-0.1, -0.05) is 32.4 Å². The van der Waals surface area contributed by atoms with Gasteiger partial charge in [0.2, 0.25) is 5.91 Å². The second kappa shape index (κ2) is 8.22. The van der Waals surface area contributed by atoms with Crippen molar-refractivity contribution >= 4 is 23.2 Å². The van der Waals surface area contributed by atoms with Crippen LogP contribution in [0.4, 0.5) is 5.69 Å². The zero-order valence-electron chi connectivity index (χ0n) is 18.4. The highest BCUT2D eigenvalue weighted by Gasteiger charge is 2.56. The number of hydrogen-bond donors (Lipinski definition) is 2. The molecule has 3 fully saturated rings. The summed E-state index contributed by atoms with van der Waals surface area (Å²) in [5, 5.41) is 18.2. The Labute approximate surface area is 186 Å². The Morgan fingerprint density at radius 3 is 2.81 bits per heavy atom. The molecule has 0 spiro atoms. The summed E-state index contributed by atoms with van der Waals surface area (Å²) < 4.78 is 1.09. The van der Waals surface area contributed by atoms with E-state index in [1.165, 1.54) is 6.42 Å². The first-order valence-corrected chi connectivity index (χ1v) is 11.1. The van der Waals surface area contributed by atoms with Crippen LogP contribution in [0.15, 0.2) is 23.3 Å². The first-order chi connectivity index (χ1) is 14.7. The Hall–Kier alpha value is -2.48. The van der Waals surface area contributed by atoms with Crippen molar-refractivity contribution in [3.63, 3.8) is 0 Å². The number of fused-ring (bicyclic) bond motifs is 2. The van der Waals surface area contributed by atoms with Gasteiger partial charge >= 0.3 is 0 Å². The largest absolute Gasteiger partial charge is 0.379 e. The van der Waals surface area contributed by atoms with Crippen molar-refractivity contribution in [1.82, 2.24) is 25.3 Å². The van der Waals surface area contributed by atoms with Crippen LogP contribution in [-0.4, -0.2) is 31.9 Å². The number of nitrogens with one attached hydrogen (secondary N) is 2. The molecule has 1 amide bonds. The molecule has 9 heteroatoms. The molecule has 8 nitrogen and oxygen atoms in total. The third-order valence-electron chi connectivity index (χ3n) is 7.46. The summed E-state index contributed by atoms with van der Waals surface area (Å²) in [5.74, 6) is 1.54. The molecule has 166 valence electrons. The molecule has 0 aromatic carbocycles. The van der Waals surface area contributed by atoms with Crippen molar-refractivity contribution < 1.29 is 4.79 Å².